The Morgan fingerprint density at radius 3 is 2.68 bits per heavy atom. The van der Waals surface area contributed by atoms with E-state index in [9.17, 15) is 9.59 Å². The number of hydrogen-bond acceptors (Lipinski definition) is 2. The van der Waals surface area contributed by atoms with Crippen LogP contribution in [0.4, 0.5) is 0 Å². The van der Waals surface area contributed by atoms with E-state index in [2.05, 4.69) is 31.9 Å². The first-order valence-corrected chi connectivity index (χ1v) is 7.00. The standard InChI is InChI=1S/C13H10Br2N2O2/c14-10-5-11(15)13(19)17(7-10)6-8-2-1-3-9(4-8)12(16)18/h1-5,7H,6H2,(H2,16,18). The van der Waals surface area contributed by atoms with Crippen LogP contribution in [0.5, 0.6) is 0 Å². The normalized spacial score (nSPS) is 10.4. The molecular weight excluding hydrogens is 376 g/mol. The van der Waals surface area contributed by atoms with Crippen molar-refractivity contribution >= 4 is 37.8 Å². The Kier molecular flexibility index (Phi) is 4.21. The van der Waals surface area contributed by atoms with E-state index in [1.54, 1.807) is 35.0 Å². The number of carbonyl (C=O) groups is 1. The first-order valence-electron chi connectivity index (χ1n) is 5.41. The molecule has 0 radical (unpaired) electrons. The van der Waals surface area contributed by atoms with E-state index in [1.807, 2.05) is 6.07 Å². The highest BCUT2D eigenvalue weighted by Gasteiger charge is 2.06. The Hall–Kier alpha value is -1.40. The molecule has 0 aliphatic carbocycles. The van der Waals surface area contributed by atoms with Gasteiger partial charge in [-0.05, 0) is 55.6 Å². The zero-order valence-corrected chi connectivity index (χ0v) is 12.9. The van der Waals surface area contributed by atoms with Crippen molar-refractivity contribution in [1.82, 2.24) is 4.57 Å². The number of pyridine rings is 1. The molecule has 2 rings (SSSR count). The van der Waals surface area contributed by atoms with Crippen molar-refractivity contribution in [3.8, 4) is 0 Å². The maximum Gasteiger partial charge on any atom is 0.265 e. The van der Waals surface area contributed by atoms with Crippen LogP contribution in [0.25, 0.3) is 0 Å². The molecule has 1 heterocycles. The molecule has 0 spiro atoms. The second-order valence-electron chi connectivity index (χ2n) is 4.00. The van der Waals surface area contributed by atoms with E-state index in [-0.39, 0.29) is 5.56 Å². The van der Waals surface area contributed by atoms with E-state index >= 15 is 0 Å². The van der Waals surface area contributed by atoms with Crippen LogP contribution in [-0.4, -0.2) is 10.5 Å². The molecule has 0 aliphatic heterocycles. The van der Waals surface area contributed by atoms with Gasteiger partial charge in [0.15, 0.2) is 0 Å². The third kappa shape index (κ3) is 3.33. The maximum atomic E-state index is 11.9. The monoisotopic (exact) mass is 384 g/mol. The van der Waals surface area contributed by atoms with Gasteiger partial charge in [-0.2, -0.15) is 0 Å². The van der Waals surface area contributed by atoms with Crippen molar-refractivity contribution < 1.29 is 4.79 Å². The zero-order chi connectivity index (χ0) is 14.0. The van der Waals surface area contributed by atoms with E-state index in [4.69, 9.17) is 5.73 Å². The Bertz CT molecular complexity index is 695. The quantitative estimate of drug-likeness (QED) is 0.882. The Morgan fingerprint density at radius 1 is 1.26 bits per heavy atom. The van der Waals surface area contributed by atoms with Gasteiger partial charge in [-0.15, -0.1) is 0 Å². The van der Waals surface area contributed by atoms with Gasteiger partial charge >= 0.3 is 0 Å². The molecule has 1 aromatic carbocycles. The summed E-state index contributed by atoms with van der Waals surface area (Å²) in [6, 6.07) is 8.61. The fraction of sp³-hybridized carbons (Fsp3) is 0.0769. The van der Waals surface area contributed by atoms with Gasteiger partial charge in [-0.25, -0.2) is 0 Å². The third-order valence-corrected chi connectivity index (χ3v) is 3.58. The Morgan fingerprint density at radius 2 is 2.00 bits per heavy atom. The van der Waals surface area contributed by atoms with E-state index < -0.39 is 5.91 Å². The average Bonchev–Trinajstić information content (AvgIpc) is 2.35. The highest BCUT2D eigenvalue weighted by Crippen LogP contribution is 2.14. The number of nitrogens with zero attached hydrogens (tertiary/aromatic N) is 1. The van der Waals surface area contributed by atoms with Crippen LogP contribution in [0.2, 0.25) is 0 Å². The number of nitrogens with two attached hydrogens (primary N) is 1. The summed E-state index contributed by atoms with van der Waals surface area (Å²) >= 11 is 6.54. The first kappa shape index (κ1) is 14.0. The lowest BCUT2D eigenvalue weighted by atomic mass is 10.1. The molecular formula is C13H10Br2N2O2. The number of primary amides is 1. The van der Waals surface area contributed by atoms with Crippen molar-refractivity contribution in [2.75, 3.05) is 0 Å². The summed E-state index contributed by atoms with van der Waals surface area (Å²) in [5, 5.41) is 0. The summed E-state index contributed by atoms with van der Waals surface area (Å²) < 4.78 is 2.83. The summed E-state index contributed by atoms with van der Waals surface area (Å²) in [7, 11) is 0. The van der Waals surface area contributed by atoms with Gasteiger partial charge in [0.1, 0.15) is 0 Å². The lowest BCUT2D eigenvalue weighted by Gasteiger charge is -2.08. The molecule has 0 unspecified atom stereocenters. The third-order valence-electron chi connectivity index (χ3n) is 2.57. The van der Waals surface area contributed by atoms with Crippen LogP contribution in [0.15, 0.2) is 50.3 Å². The zero-order valence-electron chi connectivity index (χ0n) is 9.77. The number of rotatable bonds is 3. The number of halogens is 2. The minimum absolute atomic E-state index is 0.132. The Labute approximate surface area is 126 Å². The topological polar surface area (TPSA) is 65.1 Å². The van der Waals surface area contributed by atoms with Crippen LogP contribution in [0.1, 0.15) is 15.9 Å². The highest BCUT2D eigenvalue weighted by atomic mass is 79.9. The fourth-order valence-electron chi connectivity index (χ4n) is 1.70. The smallest absolute Gasteiger partial charge is 0.265 e. The number of aromatic nitrogens is 1. The molecule has 0 saturated carbocycles. The minimum Gasteiger partial charge on any atom is -0.366 e. The lowest BCUT2D eigenvalue weighted by Crippen LogP contribution is -2.21. The van der Waals surface area contributed by atoms with Gasteiger partial charge in [-0.1, -0.05) is 12.1 Å². The Balaban J connectivity index is 2.39. The molecule has 0 bridgehead atoms. The molecule has 98 valence electrons. The number of benzene rings is 1. The number of amides is 1. The largest absolute Gasteiger partial charge is 0.366 e. The minimum atomic E-state index is -0.482. The van der Waals surface area contributed by atoms with Gasteiger partial charge < -0.3 is 10.3 Å². The molecule has 19 heavy (non-hydrogen) atoms. The van der Waals surface area contributed by atoms with Crippen LogP contribution >= 0.6 is 31.9 Å². The summed E-state index contributed by atoms with van der Waals surface area (Å²) in [6.45, 7) is 0.373. The summed E-state index contributed by atoms with van der Waals surface area (Å²) in [5.74, 6) is -0.482. The molecule has 2 aromatic rings. The molecule has 0 fully saturated rings. The molecule has 1 aromatic heterocycles. The van der Waals surface area contributed by atoms with Crippen LogP contribution in [0.3, 0.4) is 0 Å². The van der Waals surface area contributed by atoms with Crippen LogP contribution in [-0.2, 0) is 6.54 Å². The highest BCUT2D eigenvalue weighted by molar-refractivity contribution is 9.11. The molecule has 2 N–H and O–H groups in total. The molecule has 4 nitrogen and oxygen atoms in total. The van der Waals surface area contributed by atoms with E-state index in [1.165, 1.54) is 0 Å². The van der Waals surface area contributed by atoms with E-state index in [0.29, 0.717) is 16.6 Å². The predicted molar refractivity (Wildman–Crippen MR) is 80.2 cm³/mol. The van der Waals surface area contributed by atoms with Gasteiger partial charge in [0, 0.05) is 16.2 Å². The van der Waals surface area contributed by atoms with Gasteiger partial charge in [0.25, 0.3) is 5.56 Å². The maximum absolute atomic E-state index is 11.9. The van der Waals surface area contributed by atoms with Gasteiger partial charge in [0.05, 0.1) is 11.0 Å². The lowest BCUT2D eigenvalue weighted by molar-refractivity contribution is 0.1000. The summed E-state index contributed by atoms with van der Waals surface area (Å²) in [5.41, 5.74) is 6.37. The van der Waals surface area contributed by atoms with Crippen molar-refractivity contribution in [3.05, 3.63) is 67.0 Å². The van der Waals surface area contributed by atoms with Gasteiger partial charge in [-0.3, -0.25) is 9.59 Å². The summed E-state index contributed by atoms with van der Waals surface area (Å²) in [4.78, 5) is 23.1. The van der Waals surface area contributed by atoms with Crippen molar-refractivity contribution in [3.63, 3.8) is 0 Å². The first-order chi connectivity index (χ1) is 8.97. The fourth-order valence-corrected chi connectivity index (χ4v) is 2.96. The van der Waals surface area contributed by atoms with E-state index in [0.717, 1.165) is 10.0 Å². The molecule has 1 amide bonds. The molecule has 0 atom stereocenters. The molecule has 6 heteroatoms. The molecule has 0 saturated heterocycles. The van der Waals surface area contributed by atoms with Crippen molar-refractivity contribution in [2.24, 2.45) is 5.73 Å². The predicted octanol–water partition coefficient (Wildman–Crippen LogP) is 2.52. The van der Waals surface area contributed by atoms with Gasteiger partial charge in [0.2, 0.25) is 5.91 Å². The SMILES string of the molecule is NC(=O)c1cccc(Cn2cc(Br)cc(Br)c2=O)c1. The number of hydrogen-bond donors (Lipinski definition) is 1. The van der Waals surface area contributed by atoms with Crippen LogP contribution < -0.4 is 11.3 Å². The second kappa shape index (κ2) is 5.71. The number of carbonyl (C=O) groups excluding carboxylic acids is 1. The molecule has 0 aliphatic rings. The van der Waals surface area contributed by atoms with Crippen molar-refractivity contribution in [2.45, 2.75) is 6.54 Å². The average molecular weight is 386 g/mol. The second-order valence-corrected chi connectivity index (χ2v) is 5.77. The van der Waals surface area contributed by atoms with Crippen LogP contribution in [0, 0.1) is 0 Å². The summed E-state index contributed by atoms with van der Waals surface area (Å²) in [6.07, 6.45) is 1.70. The van der Waals surface area contributed by atoms with Crippen molar-refractivity contribution in [1.29, 1.82) is 0 Å².